The van der Waals surface area contributed by atoms with Crippen LogP contribution in [-0.2, 0) is 4.79 Å². The number of nitrogens with zero attached hydrogens (tertiary/aromatic N) is 2. The molecule has 0 radical (unpaired) electrons. The predicted octanol–water partition coefficient (Wildman–Crippen LogP) is 2.95. The third-order valence-corrected chi connectivity index (χ3v) is 3.13. The van der Waals surface area contributed by atoms with E-state index in [4.69, 9.17) is 9.94 Å². The summed E-state index contributed by atoms with van der Waals surface area (Å²) in [5.41, 5.74) is 4.15. The molecule has 0 saturated carbocycles. The zero-order valence-corrected chi connectivity index (χ0v) is 13.4. The van der Waals surface area contributed by atoms with Gasteiger partial charge in [-0.15, -0.1) is 0 Å². The molecule has 0 aromatic heterocycles. The lowest BCUT2D eigenvalue weighted by Gasteiger charge is -2.07. The number of hydrazone groups is 1. The molecule has 24 heavy (non-hydrogen) atoms. The Bertz CT molecular complexity index is 740. The van der Waals surface area contributed by atoms with Crippen LogP contribution in [0, 0.1) is 0 Å². The number of benzene rings is 2. The van der Waals surface area contributed by atoms with Gasteiger partial charge in [-0.05, 0) is 43.3 Å². The molecule has 0 aliphatic carbocycles. The molecule has 0 fully saturated rings. The third-order valence-electron chi connectivity index (χ3n) is 3.13. The Labute approximate surface area is 139 Å². The molecule has 2 rings (SSSR count). The second-order valence-corrected chi connectivity index (χ2v) is 4.81. The fourth-order valence-corrected chi connectivity index (χ4v) is 1.86. The SMILES string of the molecule is COc1ccc(N/N=C(C)/C(=N/O)C(=O)Nc2ccccc2)cc1. The van der Waals surface area contributed by atoms with Crippen molar-refractivity contribution in [3.63, 3.8) is 0 Å². The molecule has 0 aliphatic rings. The van der Waals surface area contributed by atoms with Crippen LogP contribution in [-0.4, -0.2) is 29.6 Å². The van der Waals surface area contributed by atoms with Crippen molar-refractivity contribution in [1.29, 1.82) is 0 Å². The number of carbonyl (C=O) groups is 1. The number of hydrogen-bond donors (Lipinski definition) is 3. The van der Waals surface area contributed by atoms with Crippen molar-refractivity contribution in [2.24, 2.45) is 10.3 Å². The molecule has 0 saturated heterocycles. The Kier molecular flexibility index (Phi) is 5.90. The van der Waals surface area contributed by atoms with E-state index < -0.39 is 5.91 Å². The third kappa shape index (κ3) is 4.57. The van der Waals surface area contributed by atoms with Crippen molar-refractivity contribution in [2.75, 3.05) is 17.9 Å². The number of anilines is 2. The highest BCUT2D eigenvalue weighted by atomic mass is 16.5. The van der Waals surface area contributed by atoms with Crippen molar-refractivity contribution in [1.82, 2.24) is 0 Å². The first-order valence-electron chi connectivity index (χ1n) is 7.17. The van der Waals surface area contributed by atoms with Crippen LogP contribution in [0.4, 0.5) is 11.4 Å². The smallest absolute Gasteiger partial charge is 0.279 e. The van der Waals surface area contributed by atoms with E-state index in [0.29, 0.717) is 11.4 Å². The van der Waals surface area contributed by atoms with Gasteiger partial charge in [-0.3, -0.25) is 10.2 Å². The largest absolute Gasteiger partial charge is 0.497 e. The fraction of sp³-hybridized carbons (Fsp3) is 0.118. The van der Waals surface area contributed by atoms with Crippen LogP contribution >= 0.6 is 0 Å². The molecule has 7 heteroatoms. The van der Waals surface area contributed by atoms with E-state index in [-0.39, 0.29) is 11.4 Å². The van der Waals surface area contributed by atoms with Gasteiger partial charge in [0.25, 0.3) is 5.91 Å². The van der Waals surface area contributed by atoms with Crippen LogP contribution in [0.3, 0.4) is 0 Å². The van der Waals surface area contributed by atoms with E-state index in [1.165, 1.54) is 0 Å². The average molecular weight is 326 g/mol. The molecule has 1 amide bonds. The molecule has 0 bridgehead atoms. The monoisotopic (exact) mass is 326 g/mol. The van der Waals surface area contributed by atoms with Gasteiger partial charge in [0, 0.05) is 5.69 Å². The van der Waals surface area contributed by atoms with Gasteiger partial charge in [-0.1, -0.05) is 23.4 Å². The minimum Gasteiger partial charge on any atom is -0.497 e. The second-order valence-electron chi connectivity index (χ2n) is 4.81. The van der Waals surface area contributed by atoms with Gasteiger partial charge in [0.15, 0.2) is 5.71 Å². The van der Waals surface area contributed by atoms with Crippen molar-refractivity contribution < 1.29 is 14.7 Å². The topological polar surface area (TPSA) is 95.3 Å². The van der Waals surface area contributed by atoms with E-state index in [0.717, 1.165) is 5.75 Å². The second kappa shape index (κ2) is 8.33. The van der Waals surface area contributed by atoms with E-state index in [1.54, 1.807) is 62.6 Å². The summed E-state index contributed by atoms with van der Waals surface area (Å²) in [7, 11) is 1.58. The summed E-state index contributed by atoms with van der Waals surface area (Å²) >= 11 is 0. The number of rotatable bonds is 6. The Morgan fingerprint density at radius 2 is 1.71 bits per heavy atom. The summed E-state index contributed by atoms with van der Waals surface area (Å²) in [5.74, 6) is 0.169. The molecule has 124 valence electrons. The Hall–Kier alpha value is -3.35. The number of nitrogens with one attached hydrogen (secondary N) is 2. The number of hydrogen-bond acceptors (Lipinski definition) is 6. The maximum atomic E-state index is 12.2. The average Bonchev–Trinajstić information content (AvgIpc) is 2.62. The van der Waals surface area contributed by atoms with Crippen LogP contribution < -0.4 is 15.5 Å². The molecule has 3 N–H and O–H groups in total. The highest BCUT2D eigenvalue weighted by Crippen LogP contribution is 2.15. The maximum Gasteiger partial charge on any atom is 0.279 e. The van der Waals surface area contributed by atoms with Gasteiger partial charge in [0.2, 0.25) is 0 Å². The van der Waals surface area contributed by atoms with Crippen molar-refractivity contribution in [2.45, 2.75) is 6.92 Å². The number of oxime groups is 1. The molecule has 0 aliphatic heterocycles. The number of para-hydroxylation sites is 1. The lowest BCUT2D eigenvalue weighted by atomic mass is 10.2. The van der Waals surface area contributed by atoms with Crippen LogP contribution in [0.1, 0.15) is 6.92 Å². The van der Waals surface area contributed by atoms with E-state index in [2.05, 4.69) is 21.0 Å². The molecule has 0 atom stereocenters. The molecular formula is C17H18N4O3. The van der Waals surface area contributed by atoms with Crippen LogP contribution in [0.2, 0.25) is 0 Å². The molecular weight excluding hydrogens is 308 g/mol. The van der Waals surface area contributed by atoms with Crippen LogP contribution in [0.5, 0.6) is 5.75 Å². The highest BCUT2D eigenvalue weighted by molar-refractivity contribution is 6.68. The highest BCUT2D eigenvalue weighted by Gasteiger charge is 2.16. The van der Waals surface area contributed by atoms with Crippen molar-refractivity contribution in [3.8, 4) is 5.75 Å². The first-order chi connectivity index (χ1) is 11.6. The molecule has 2 aromatic rings. The number of ether oxygens (including phenoxy) is 1. The Balaban J connectivity index is 2.04. The summed E-state index contributed by atoms with van der Waals surface area (Å²) in [6.45, 7) is 1.57. The normalized spacial score (nSPS) is 11.8. The van der Waals surface area contributed by atoms with Gasteiger partial charge in [0.1, 0.15) is 5.75 Å². The first-order valence-corrected chi connectivity index (χ1v) is 7.17. The molecule has 0 unspecified atom stereocenters. The zero-order valence-electron chi connectivity index (χ0n) is 13.4. The van der Waals surface area contributed by atoms with E-state index in [1.807, 2.05) is 6.07 Å². The van der Waals surface area contributed by atoms with Gasteiger partial charge < -0.3 is 15.3 Å². The van der Waals surface area contributed by atoms with Gasteiger partial charge in [-0.2, -0.15) is 5.10 Å². The van der Waals surface area contributed by atoms with Crippen molar-refractivity contribution in [3.05, 3.63) is 54.6 Å². The minimum atomic E-state index is -0.554. The zero-order chi connectivity index (χ0) is 17.4. The Morgan fingerprint density at radius 1 is 1.04 bits per heavy atom. The lowest BCUT2D eigenvalue weighted by Crippen LogP contribution is -2.29. The molecule has 0 spiro atoms. The van der Waals surface area contributed by atoms with Gasteiger partial charge >= 0.3 is 0 Å². The van der Waals surface area contributed by atoms with Crippen LogP contribution in [0.15, 0.2) is 64.9 Å². The number of carbonyl (C=O) groups excluding carboxylic acids is 1. The predicted molar refractivity (Wildman–Crippen MR) is 94.0 cm³/mol. The quantitative estimate of drug-likeness (QED) is 0.432. The van der Waals surface area contributed by atoms with Gasteiger partial charge in [-0.25, -0.2) is 0 Å². The van der Waals surface area contributed by atoms with E-state index >= 15 is 0 Å². The summed E-state index contributed by atoms with van der Waals surface area (Å²) in [6, 6.07) is 16.0. The molecule has 2 aromatic carbocycles. The maximum absolute atomic E-state index is 12.2. The lowest BCUT2D eigenvalue weighted by molar-refractivity contribution is -0.110. The van der Waals surface area contributed by atoms with Crippen LogP contribution in [0.25, 0.3) is 0 Å². The summed E-state index contributed by atoms with van der Waals surface area (Å²) in [5, 5.41) is 18.8. The van der Waals surface area contributed by atoms with E-state index in [9.17, 15) is 4.79 Å². The standard InChI is InChI=1S/C17H18N4O3/c1-12(19-20-14-8-10-15(24-2)11-9-14)16(21-23)17(22)18-13-6-4-3-5-7-13/h3-11,20,23H,1-2H3,(H,18,22)/b19-12+,21-16-. The molecule has 7 nitrogen and oxygen atoms in total. The number of methoxy groups -OCH3 is 1. The number of amides is 1. The van der Waals surface area contributed by atoms with Gasteiger partial charge in [0.05, 0.1) is 18.5 Å². The minimum absolute atomic E-state index is 0.181. The van der Waals surface area contributed by atoms with Crippen molar-refractivity contribution >= 4 is 28.7 Å². The Morgan fingerprint density at radius 3 is 2.29 bits per heavy atom. The fourth-order valence-electron chi connectivity index (χ4n) is 1.86. The summed E-state index contributed by atoms with van der Waals surface area (Å²) < 4.78 is 5.07. The molecule has 0 heterocycles. The summed E-state index contributed by atoms with van der Waals surface area (Å²) in [4.78, 5) is 12.2. The first kappa shape index (κ1) is 17.0. The summed E-state index contributed by atoms with van der Waals surface area (Å²) in [6.07, 6.45) is 0.